The molecule has 1 atom stereocenters. The Morgan fingerprint density at radius 3 is 2.27 bits per heavy atom. The van der Waals surface area contributed by atoms with Crippen molar-refractivity contribution in [1.29, 1.82) is 0 Å². The van der Waals surface area contributed by atoms with E-state index in [0.717, 1.165) is 5.96 Å². The molecule has 4 nitrogen and oxygen atoms in total. The van der Waals surface area contributed by atoms with Gasteiger partial charge >= 0.3 is 0 Å². The fourth-order valence-electron chi connectivity index (χ4n) is 0.848. The highest BCUT2D eigenvalue weighted by Crippen LogP contribution is 2.10. The largest absolute Gasteiger partial charge is 0.359 e. The van der Waals surface area contributed by atoms with Crippen LogP contribution in [0.25, 0.3) is 0 Å². The van der Waals surface area contributed by atoms with Crippen LogP contribution >= 0.6 is 24.0 Å². The molecule has 0 aromatic rings. The van der Waals surface area contributed by atoms with E-state index in [9.17, 15) is 4.21 Å². The fourth-order valence-corrected chi connectivity index (χ4v) is 1.75. The van der Waals surface area contributed by atoms with Crippen molar-refractivity contribution in [2.45, 2.75) is 25.5 Å². The van der Waals surface area contributed by atoms with Crippen molar-refractivity contribution < 1.29 is 4.21 Å². The van der Waals surface area contributed by atoms with Crippen LogP contribution in [0.3, 0.4) is 0 Å². The number of hydrogen-bond donors (Lipinski definition) is 2. The third-order valence-electron chi connectivity index (χ3n) is 1.72. The average Bonchev–Trinajstić information content (AvgIpc) is 2.10. The lowest BCUT2D eigenvalue weighted by atomic mass is 10.3. The van der Waals surface area contributed by atoms with Crippen LogP contribution in [0.4, 0.5) is 0 Å². The Morgan fingerprint density at radius 1 is 1.40 bits per heavy atom. The molecular formula is C9H22IN3OS. The van der Waals surface area contributed by atoms with E-state index in [1.54, 1.807) is 14.1 Å². The molecule has 1 unspecified atom stereocenters. The second kappa shape index (κ2) is 8.32. The zero-order valence-corrected chi connectivity index (χ0v) is 13.2. The predicted octanol–water partition coefficient (Wildman–Crippen LogP) is 0.946. The Bertz CT molecular complexity index is 226. The maximum atomic E-state index is 11.6. The van der Waals surface area contributed by atoms with Gasteiger partial charge in [0.15, 0.2) is 5.96 Å². The van der Waals surface area contributed by atoms with Gasteiger partial charge in [-0.05, 0) is 20.8 Å². The van der Waals surface area contributed by atoms with E-state index >= 15 is 0 Å². The SMILES string of the molecule is CN=C(NC)NCCS(=O)C(C)(C)C.I. The number of rotatable bonds is 3. The van der Waals surface area contributed by atoms with Gasteiger partial charge in [0.25, 0.3) is 0 Å². The van der Waals surface area contributed by atoms with Crippen molar-refractivity contribution in [2.75, 3.05) is 26.4 Å². The summed E-state index contributed by atoms with van der Waals surface area (Å²) in [6.45, 7) is 6.62. The molecule has 0 aliphatic carbocycles. The van der Waals surface area contributed by atoms with Crippen molar-refractivity contribution >= 4 is 40.7 Å². The lowest BCUT2D eigenvalue weighted by Gasteiger charge is -2.18. The summed E-state index contributed by atoms with van der Waals surface area (Å²) in [6.07, 6.45) is 0. The van der Waals surface area contributed by atoms with Crippen molar-refractivity contribution in [2.24, 2.45) is 4.99 Å². The van der Waals surface area contributed by atoms with E-state index in [0.29, 0.717) is 12.3 Å². The minimum Gasteiger partial charge on any atom is -0.359 e. The Labute approximate surface area is 112 Å². The summed E-state index contributed by atoms with van der Waals surface area (Å²) in [5.74, 6) is 1.38. The van der Waals surface area contributed by atoms with Gasteiger partial charge in [-0.25, -0.2) is 0 Å². The zero-order chi connectivity index (χ0) is 11.2. The number of aliphatic imine (C=N–C) groups is 1. The number of nitrogens with zero attached hydrogens (tertiary/aromatic N) is 1. The highest BCUT2D eigenvalue weighted by atomic mass is 127. The molecule has 2 N–H and O–H groups in total. The van der Waals surface area contributed by atoms with Crippen LogP contribution in [0.1, 0.15) is 20.8 Å². The average molecular weight is 347 g/mol. The van der Waals surface area contributed by atoms with Gasteiger partial charge in [-0.1, -0.05) is 0 Å². The van der Waals surface area contributed by atoms with E-state index in [1.807, 2.05) is 20.8 Å². The first-order valence-corrected chi connectivity index (χ1v) is 6.00. The second-order valence-electron chi connectivity index (χ2n) is 3.91. The number of nitrogens with one attached hydrogen (secondary N) is 2. The van der Waals surface area contributed by atoms with Crippen LogP contribution in [0.2, 0.25) is 0 Å². The van der Waals surface area contributed by atoms with Gasteiger partial charge in [0, 0.05) is 41.9 Å². The number of halogens is 1. The third kappa shape index (κ3) is 8.01. The first kappa shape index (κ1) is 17.5. The van der Waals surface area contributed by atoms with E-state index in [1.165, 1.54) is 0 Å². The molecule has 0 heterocycles. The Hall–Kier alpha value is 0.150. The van der Waals surface area contributed by atoms with Gasteiger partial charge in [-0.15, -0.1) is 24.0 Å². The van der Waals surface area contributed by atoms with Crippen molar-refractivity contribution in [1.82, 2.24) is 10.6 Å². The molecule has 0 bridgehead atoms. The quantitative estimate of drug-likeness (QED) is 0.454. The van der Waals surface area contributed by atoms with E-state index in [4.69, 9.17) is 0 Å². The summed E-state index contributed by atoms with van der Waals surface area (Å²) in [5, 5.41) is 5.97. The maximum absolute atomic E-state index is 11.6. The molecule has 0 aliphatic rings. The molecule has 0 fully saturated rings. The smallest absolute Gasteiger partial charge is 0.190 e. The molecule has 0 radical (unpaired) electrons. The van der Waals surface area contributed by atoms with Gasteiger partial charge in [0.05, 0.1) is 0 Å². The Balaban J connectivity index is 0. The van der Waals surface area contributed by atoms with E-state index in [-0.39, 0.29) is 28.7 Å². The van der Waals surface area contributed by atoms with E-state index in [2.05, 4.69) is 15.6 Å². The molecule has 0 spiro atoms. The monoisotopic (exact) mass is 347 g/mol. The molecule has 0 aromatic carbocycles. The molecular weight excluding hydrogens is 325 g/mol. The van der Waals surface area contributed by atoms with Crippen LogP contribution < -0.4 is 10.6 Å². The highest BCUT2D eigenvalue weighted by Gasteiger charge is 2.18. The molecule has 15 heavy (non-hydrogen) atoms. The highest BCUT2D eigenvalue weighted by molar-refractivity contribution is 14.0. The first-order chi connectivity index (χ1) is 6.41. The molecule has 0 aliphatic heterocycles. The fraction of sp³-hybridized carbons (Fsp3) is 0.889. The van der Waals surface area contributed by atoms with Crippen molar-refractivity contribution in [3.05, 3.63) is 0 Å². The van der Waals surface area contributed by atoms with Gasteiger partial charge < -0.3 is 10.6 Å². The minimum atomic E-state index is -0.803. The predicted molar refractivity (Wildman–Crippen MR) is 78.6 cm³/mol. The Kier molecular flexibility index (Phi) is 9.73. The lowest BCUT2D eigenvalue weighted by Crippen LogP contribution is -2.38. The number of guanidine groups is 1. The zero-order valence-electron chi connectivity index (χ0n) is 10.1. The first-order valence-electron chi connectivity index (χ1n) is 4.68. The second-order valence-corrected chi connectivity index (χ2v) is 6.24. The van der Waals surface area contributed by atoms with Crippen LogP contribution in [-0.4, -0.2) is 41.3 Å². The van der Waals surface area contributed by atoms with Crippen LogP contribution in [0, 0.1) is 0 Å². The lowest BCUT2D eigenvalue weighted by molar-refractivity contribution is 0.647. The van der Waals surface area contributed by atoms with Gasteiger partial charge in [-0.3, -0.25) is 9.20 Å². The summed E-state index contributed by atoms with van der Waals surface area (Å²) in [4.78, 5) is 3.96. The van der Waals surface area contributed by atoms with Crippen molar-refractivity contribution in [3.8, 4) is 0 Å². The summed E-state index contributed by atoms with van der Waals surface area (Å²) in [7, 11) is 2.71. The van der Waals surface area contributed by atoms with Crippen molar-refractivity contribution in [3.63, 3.8) is 0 Å². The van der Waals surface area contributed by atoms with Crippen LogP contribution in [0.15, 0.2) is 4.99 Å². The molecule has 0 amide bonds. The minimum absolute atomic E-state index is 0. The normalized spacial score (nSPS) is 14.1. The van der Waals surface area contributed by atoms with Gasteiger partial charge in [0.1, 0.15) is 0 Å². The number of hydrogen-bond acceptors (Lipinski definition) is 2. The third-order valence-corrected chi connectivity index (χ3v) is 3.66. The van der Waals surface area contributed by atoms with Crippen LogP contribution in [-0.2, 0) is 10.8 Å². The summed E-state index contributed by atoms with van der Waals surface area (Å²) >= 11 is 0. The molecule has 92 valence electrons. The Morgan fingerprint density at radius 2 is 1.93 bits per heavy atom. The molecule has 0 rings (SSSR count). The standard InChI is InChI=1S/C9H21N3OS.HI/c1-9(2,3)14(13)7-6-12-8(10-4)11-5;/h6-7H2,1-5H3,(H2,10,11,12);1H. The van der Waals surface area contributed by atoms with Crippen LogP contribution in [0.5, 0.6) is 0 Å². The van der Waals surface area contributed by atoms with Gasteiger partial charge in [-0.2, -0.15) is 0 Å². The molecule has 0 saturated carbocycles. The summed E-state index contributed by atoms with van der Waals surface area (Å²) in [5.41, 5.74) is 0. The van der Waals surface area contributed by atoms with E-state index < -0.39 is 10.8 Å². The summed E-state index contributed by atoms with van der Waals surface area (Å²) in [6, 6.07) is 0. The topological polar surface area (TPSA) is 53.5 Å². The summed E-state index contributed by atoms with van der Waals surface area (Å²) < 4.78 is 11.5. The molecule has 6 heteroatoms. The maximum Gasteiger partial charge on any atom is 0.190 e. The molecule has 0 aromatic heterocycles. The van der Waals surface area contributed by atoms with Gasteiger partial charge in [0.2, 0.25) is 0 Å². The molecule has 0 saturated heterocycles.